The van der Waals surface area contributed by atoms with Gasteiger partial charge < -0.3 is 10.1 Å². The van der Waals surface area contributed by atoms with Crippen LogP contribution in [0.15, 0.2) is 41.4 Å². The number of benzene rings is 2. The van der Waals surface area contributed by atoms with Crippen LogP contribution in [-0.2, 0) is 11.2 Å². The summed E-state index contributed by atoms with van der Waals surface area (Å²) >= 11 is 6.47. The third-order valence-corrected chi connectivity index (χ3v) is 6.09. The van der Waals surface area contributed by atoms with Crippen LogP contribution in [0.4, 0.5) is 0 Å². The van der Waals surface area contributed by atoms with Crippen LogP contribution < -0.4 is 10.1 Å². The quantitative estimate of drug-likeness (QED) is 0.552. The molecule has 0 radical (unpaired) electrons. The third kappa shape index (κ3) is 4.50. The van der Waals surface area contributed by atoms with E-state index in [1.807, 2.05) is 48.7 Å². The van der Waals surface area contributed by atoms with Crippen molar-refractivity contribution in [3.8, 4) is 11.4 Å². The molecule has 1 aliphatic rings. The monoisotopic (exact) mass is 465 g/mol. The molecular formula is C25H28ClN5O2. The van der Waals surface area contributed by atoms with Crippen LogP contribution in [-0.4, -0.2) is 40.0 Å². The number of carbonyl (C=O) groups excluding carboxylic acids is 1. The van der Waals surface area contributed by atoms with Crippen LogP contribution in [0.25, 0.3) is 5.69 Å². The van der Waals surface area contributed by atoms with Crippen LogP contribution in [0, 0.1) is 6.92 Å². The molecule has 0 aliphatic carbocycles. The van der Waals surface area contributed by atoms with Gasteiger partial charge in [0.2, 0.25) is 5.91 Å². The smallest absolute Gasteiger partial charge is 0.222 e. The molecule has 1 amide bonds. The van der Waals surface area contributed by atoms with Gasteiger partial charge in [0.05, 0.1) is 24.9 Å². The van der Waals surface area contributed by atoms with E-state index in [1.165, 1.54) is 0 Å². The number of halogens is 1. The largest absolute Gasteiger partial charge is 0.497 e. The Hall–Kier alpha value is -3.19. The van der Waals surface area contributed by atoms with Gasteiger partial charge in [-0.05, 0) is 56.2 Å². The second-order valence-electron chi connectivity index (χ2n) is 8.03. The van der Waals surface area contributed by atoms with E-state index in [0.29, 0.717) is 12.4 Å². The summed E-state index contributed by atoms with van der Waals surface area (Å²) in [6.07, 6.45) is 2.04. The summed E-state index contributed by atoms with van der Waals surface area (Å²) in [7, 11) is 1.64. The van der Waals surface area contributed by atoms with E-state index in [-0.39, 0.29) is 12.3 Å². The van der Waals surface area contributed by atoms with Crippen LogP contribution >= 0.6 is 11.6 Å². The topological polar surface area (TPSA) is 81.4 Å². The summed E-state index contributed by atoms with van der Waals surface area (Å²) in [5, 5.41) is 12.3. The number of aromatic nitrogens is 3. The van der Waals surface area contributed by atoms with Gasteiger partial charge in [-0.25, -0.2) is 0 Å². The number of carbonyl (C=O) groups is 1. The van der Waals surface area contributed by atoms with Crippen LogP contribution in [0.2, 0.25) is 5.02 Å². The summed E-state index contributed by atoms with van der Waals surface area (Å²) in [4.78, 5) is 17.7. The Bertz CT molecular complexity index is 1220. The SMILES string of the molecule is CCCc1cc(C2=N[C@@H](CC(=O)NCC)c3nnc(C)n3-c3ccc(OC)cc32)ccc1Cl. The number of aliphatic imine (C=N–C) groups is 1. The highest BCUT2D eigenvalue weighted by atomic mass is 35.5. The van der Waals surface area contributed by atoms with Crippen molar-refractivity contribution in [3.05, 3.63) is 69.8 Å². The number of ether oxygens (including phenoxy) is 1. The second-order valence-corrected chi connectivity index (χ2v) is 8.44. The number of hydrogen-bond acceptors (Lipinski definition) is 5. The van der Waals surface area contributed by atoms with Gasteiger partial charge >= 0.3 is 0 Å². The van der Waals surface area contributed by atoms with Gasteiger partial charge in [-0.3, -0.25) is 14.4 Å². The highest BCUT2D eigenvalue weighted by molar-refractivity contribution is 6.31. The van der Waals surface area contributed by atoms with Crippen molar-refractivity contribution in [1.82, 2.24) is 20.1 Å². The summed E-state index contributed by atoms with van der Waals surface area (Å²) in [6, 6.07) is 11.4. The molecule has 1 atom stereocenters. The Kier molecular flexibility index (Phi) is 6.79. The zero-order valence-electron chi connectivity index (χ0n) is 19.4. The molecule has 0 saturated carbocycles. The molecule has 1 aliphatic heterocycles. The zero-order valence-corrected chi connectivity index (χ0v) is 20.1. The van der Waals surface area contributed by atoms with Crippen molar-refractivity contribution in [2.45, 2.75) is 46.1 Å². The lowest BCUT2D eigenvalue weighted by atomic mass is 9.97. The van der Waals surface area contributed by atoms with Gasteiger partial charge in [0.15, 0.2) is 5.82 Å². The van der Waals surface area contributed by atoms with E-state index in [1.54, 1.807) is 7.11 Å². The lowest BCUT2D eigenvalue weighted by Gasteiger charge is -2.15. The van der Waals surface area contributed by atoms with Crippen molar-refractivity contribution in [1.29, 1.82) is 0 Å². The number of fused-ring (bicyclic) bond motifs is 3. The van der Waals surface area contributed by atoms with E-state index in [2.05, 4.69) is 28.5 Å². The van der Waals surface area contributed by atoms with E-state index in [0.717, 1.165) is 57.5 Å². The molecule has 2 aromatic carbocycles. The number of methoxy groups -OCH3 is 1. The lowest BCUT2D eigenvalue weighted by Crippen LogP contribution is -2.25. The van der Waals surface area contributed by atoms with Crippen LogP contribution in [0.3, 0.4) is 0 Å². The molecule has 0 saturated heterocycles. The number of nitrogens with one attached hydrogen (secondary N) is 1. The average Bonchev–Trinajstić information content (AvgIpc) is 3.13. The summed E-state index contributed by atoms with van der Waals surface area (Å²) < 4.78 is 7.51. The predicted octanol–water partition coefficient (Wildman–Crippen LogP) is 4.61. The van der Waals surface area contributed by atoms with Gasteiger partial charge in [-0.15, -0.1) is 10.2 Å². The van der Waals surface area contributed by atoms with Crippen molar-refractivity contribution >= 4 is 23.2 Å². The summed E-state index contributed by atoms with van der Waals surface area (Å²) in [5.41, 5.74) is 4.58. The molecule has 4 rings (SSSR count). The highest BCUT2D eigenvalue weighted by Gasteiger charge is 2.30. The van der Waals surface area contributed by atoms with Gasteiger partial charge in [-0.1, -0.05) is 31.0 Å². The fraction of sp³-hybridized carbons (Fsp3) is 0.360. The summed E-state index contributed by atoms with van der Waals surface area (Å²) in [5.74, 6) is 2.02. The first-order valence-corrected chi connectivity index (χ1v) is 11.6. The fourth-order valence-electron chi connectivity index (χ4n) is 4.20. The Morgan fingerprint density at radius 1 is 1.18 bits per heavy atom. The molecular weight excluding hydrogens is 438 g/mol. The van der Waals surface area contributed by atoms with Crippen molar-refractivity contribution < 1.29 is 9.53 Å². The number of hydrogen-bond donors (Lipinski definition) is 1. The number of nitrogens with zero attached hydrogens (tertiary/aromatic N) is 4. The standard InChI is InChI=1S/C25H28ClN5O2/c1-5-7-16-12-17(8-10-20(16)26)24-19-13-18(33-4)9-11-22(19)31-15(3)29-30-25(31)21(28-24)14-23(32)27-6-2/h8-13,21H,5-7,14H2,1-4H3,(H,27,32)/t21-/m0/s1. The van der Waals surface area contributed by atoms with Gasteiger partial charge in [0.25, 0.3) is 0 Å². The molecule has 33 heavy (non-hydrogen) atoms. The Morgan fingerprint density at radius 2 is 2.00 bits per heavy atom. The number of aryl methyl sites for hydroxylation is 2. The maximum atomic E-state index is 12.6. The van der Waals surface area contributed by atoms with Crippen molar-refractivity contribution in [2.75, 3.05) is 13.7 Å². The molecule has 0 bridgehead atoms. The maximum Gasteiger partial charge on any atom is 0.222 e. The highest BCUT2D eigenvalue weighted by Crippen LogP contribution is 2.35. The number of rotatable bonds is 7. The molecule has 2 heterocycles. The second kappa shape index (κ2) is 9.75. The normalized spacial score (nSPS) is 14.7. The zero-order chi connectivity index (χ0) is 23.5. The Morgan fingerprint density at radius 3 is 2.73 bits per heavy atom. The fourth-order valence-corrected chi connectivity index (χ4v) is 4.41. The Balaban J connectivity index is 1.96. The first-order chi connectivity index (χ1) is 16.0. The first kappa shape index (κ1) is 23.0. The van der Waals surface area contributed by atoms with Crippen LogP contribution in [0.5, 0.6) is 5.75 Å². The maximum absolute atomic E-state index is 12.6. The van der Waals surface area contributed by atoms with Crippen LogP contribution in [0.1, 0.15) is 61.1 Å². The first-order valence-electron chi connectivity index (χ1n) is 11.2. The Labute approximate surface area is 198 Å². The molecule has 0 unspecified atom stereocenters. The molecule has 172 valence electrons. The minimum atomic E-state index is -0.489. The van der Waals surface area contributed by atoms with Gasteiger partial charge in [0, 0.05) is 22.7 Å². The minimum absolute atomic E-state index is 0.0795. The van der Waals surface area contributed by atoms with Crippen molar-refractivity contribution in [2.24, 2.45) is 4.99 Å². The van der Waals surface area contributed by atoms with E-state index >= 15 is 0 Å². The molecule has 0 fully saturated rings. The lowest BCUT2D eigenvalue weighted by molar-refractivity contribution is -0.121. The van der Waals surface area contributed by atoms with E-state index in [9.17, 15) is 4.79 Å². The molecule has 1 N–H and O–H groups in total. The van der Waals surface area contributed by atoms with Crippen molar-refractivity contribution in [3.63, 3.8) is 0 Å². The van der Waals surface area contributed by atoms with E-state index in [4.69, 9.17) is 21.3 Å². The average molecular weight is 466 g/mol. The summed E-state index contributed by atoms with van der Waals surface area (Å²) in [6.45, 7) is 6.49. The molecule has 8 heteroatoms. The molecule has 3 aromatic rings. The van der Waals surface area contributed by atoms with E-state index < -0.39 is 6.04 Å². The molecule has 1 aromatic heterocycles. The molecule has 7 nitrogen and oxygen atoms in total. The van der Waals surface area contributed by atoms with Gasteiger partial charge in [0.1, 0.15) is 17.6 Å². The third-order valence-electron chi connectivity index (χ3n) is 5.72. The minimum Gasteiger partial charge on any atom is -0.497 e. The van der Waals surface area contributed by atoms with Gasteiger partial charge in [-0.2, -0.15) is 0 Å². The molecule has 0 spiro atoms. The predicted molar refractivity (Wildman–Crippen MR) is 130 cm³/mol. The number of amides is 1.